The van der Waals surface area contributed by atoms with Crippen LogP contribution in [-0.4, -0.2) is 25.7 Å². The molecule has 0 radical (unpaired) electrons. The lowest BCUT2D eigenvalue weighted by Gasteiger charge is -2.38. The number of ether oxygens (including phenoxy) is 1. The molecule has 124 valence electrons. The third-order valence-corrected chi connectivity index (χ3v) is 6.51. The van der Waals surface area contributed by atoms with Crippen molar-refractivity contribution < 1.29 is 9.53 Å². The minimum absolute atomic E-state index is 0.0484. The highest BCUT2D eigenvalue weighted by molar-refractivity contribution is 5.79. The molecule has 3 heteroatoms. The lowest BCUT2D eigenvalue weighted by molar-refractivity contribution is -0.127. The molecule has 2 saturated carbocycles. The zero-order chi connectivity index (χ0) is 15.7. The van der Waals surface area contributed by atoms with E-state index in [1.54, 1.807) is 0 Å². The van der Waals surface area contributed by atoms with Gasteiger partial charge >= 0.3 is 0 Å². The Hall–Kier alpha value is -1.35. The molecule has 1 N–H and O–H groups in total. The molecular weight excluding hydrogens is 286 g/mol. The Morgan fingerprint density at radius 2 is 1.91 bits per heavy atom. The zero-order valence-electron chi connectivity index (χ0n) is 13.8. The van der Waals surface area contributed by atoms with E-state index in [1.807, 2.05) is 0 Å². The van der Waals surface area contributed by atoms with E-state index in [0.29, 0.717) is 11.8 Å². The number of carbonyl (C=O) groups is 1. The largest absolute Gasteiger partial charge is 0.381 e. The number of amides is 1. The van der Waals surface area contributed by atoms with Crippen molar-refractivity contribution in [3.8, 4) is 0 Å². The predicted octanol–water partition coefficient (Wildman–Crippen LogP) is 3.29. The summed E-state index contributed by atoms with van der Waals surface area (Å²) in [5, 5.41) is 3.32. The van der Waals surface area contributed by atoms with Crippen LogP contribution in [0.25, 0.3) is 0 Å². The molecule has 2 bridgehead atoms. The molecule has 3 fully saturated rings. The van der Waals surface area contributed by atoms with Gasteiger partial charge in [-0.25, -0.2) is 0 Å². The van der Waals surface area contributed by atoms with E-state index < -0.39 is 0 Å². The molecule has 1 saturated heterocycles. The standard InChI is InChI=1S/C20H27NO2/c22-19(18-13-15-6-7-16(18)12-15)21-14-20(8-10-23-11-9-20)17-4-2-1-3-5-17/h1-5,15-16,18H,6-14H2,(H,21,22)/t15-,16-,18+/m1/s1. The third kappa shape index (κ3) is 2.91. The fourth-order valence-electron chi connectivity index (χ4n) is 5.07. The van der Waals surface area contributed by atoms with Crippen LogP contribution in [0, 0.1) is 17.8 Å². The number of hydrogen-bond acceptors (Lipinski definition) is 2. The van der Waals surface area contributed by atoms with Gasteiger partial charge in [-0.3, -0.25) is 4.79 Å². The maximum absolute atomic E-state index is 12.7. The van der Waals surface area contributed by atoms with Gasteiger partial charge in [-0.1, -0.05) is 36.8 Å². The smallest absolute Gasteiger partial charge is 0.223 e. The second-order valence-corrected chi connectivity index (χ2v) is 7.76. The second kappa shape index (κ2) is 6.27. The molecule has 0 spiro atoms. The van der Waals surface area contributed by atoms with Crippen LogP contribution < -0.4 is 5.32 Å². The highest BCUT2D eigenvalue weighted by atomic mass is 16.5. The van der Waals surface area contributed by atoms with Crippen molar-refractivity contribution in [1.29, 1.82) is 0 Å². The molecule has 1 aromatic rings. The first kappa shape index (κ1) is 15.2. The van der Waals surface area contributed by atoms with Crippen molar-refractivity contribution in [3.63, 3.8) is 0 Å². The van der Waals surface area contributed by atoms with Crippen LogP contribution in [0.15, 0.2) is 30.3 Å². The second-order valence-electron chi connectivity index (χ2n) is 7.76. The molecule has 0 unspecified atom stereocenters. The summed E-state index contributed by atoms with van der Waals surface area (Å²) in [5.74, 6) is 2.06. The number of nitrogens with one attached hydrogen (secondary N) is 1. The van der Waals surface area contributed by atoms with Crippen molar-refractivity contribution in [2.75, 3.05) is 19.8 Å². The van der Waals surface area contributed by atoms with E-state index in [9.17, 15) is 4.79 Å². The molecule has 3 atom stereocenters. The van der Waals surface area contributed by atoms with Crippen molar-refractivity contribution in [2.45, 2.75) is 43.9 Å². The molecule has 0 aromatic heterocycles. The summed E-state index contributed by atoms with van der Waals surface area (Å²) in [6.45, 7) is 2.34. The van der Waals surface area contributed by atoms with Gasteiger partial charge < -0.3 is 10.1 Å². The quantitative estimate of drug-likeness (QED) is 0.926. The predicted molar refractivity (Wildman–Crippen MR) is 90.1 cm³/mol. The van der Waals surface area contributed by atoms with Gasteiger partial charge in [0.25, 0.3) is 0 Å². The molecule has 1 heterocycles. The van der Waals surface area contributed by atoms with Gasteiger partial charge in [0.2, 0.25) is 5.91 Å². The summed E-state index contributed by atoms with van der Waals surface area (Å²) >= 11 is 0. The molecule has 3 aliphatic rings. The van der Waals surface area contributed by atoms with Gasteiger partial charge in [0.15, 0.2) is 0 Å². The van der Waals surface area contributed by atoms with E-state index >= 15 is 0 Å². The van der Waals surface area contributed by atoms with Crippen molar-refractivity contribution in [3.05, 3.63) is 35.9 Å². The first-order chi connectivity index (χ1) is 11.3. The van der Waals surface area contributed by atoms with Crippen molar-refractivity contribution in [1.82, 2.24) is 5.32 Å². The van der Waals surface area contributed by atoms with Gasteiger partial charge in [-0.2, -0.15) is 0 Å². The van der Waals surface area contributed by atoms with Gasteiger partial charge in [-0.15, -0.1) is 0 Å². The Morgan fingerprint density at radius 3 is 2.57 bits per heavy atom. The van der Waals surface area contributed by atoms with Crippen LogP contribution in [0.3, 0.4) is 0 Å². The van der Waals surface area contributed by atoms with E-state index in [2.05, 4.69) is 35.6 Å². The van der Waals surface area contributed by atoms with E-state index in [1.165, 1.54) is 24.8 Å². The van der Waals surface area contributed by atoms with Crippen LogP contribution in [0.2, 0.25) is 0 Å². The van der Waals surface area contributed by atoms with Crippen LogP contribution in [0.4, 0.5) is 0 Å². The summed E-state index contributed by atoms with van der Waals surface area (Å²) in [6.07, 6.45) is 7.01. The maximum atomic E-state index is 12.7. The number of fused-ring (bicyclic) bond motifs is 2. The summed E-state index contributed by atoms with van der Waals surface area (Å²) < 4.78 is 5.58. The lowest BCUT2D eigenvalue weighted by Crippen LogP contribution is -2.46. The molecular formula is C20H27NO2. The average Bonchev–Trinajstić information content (AvgIpc) is 3.25. The average molecular weight is 313 g/mol. The normalized spacial score (nSPS) is 31.9. The first-order valence-corrected chi connectivity index (χ1v) is 9.18. The van der Waals surface area contributed by atoms with Crippen LogP contribution in [0.5, 0.6) is 0 Å². The molecule has 1 amide bonds. The number of benzene rings is 1. The van der Waals surface area contributed by atoms with Crippen LogP contribution in [0.1, 0.15) is 44.1 Å². The Labute approximate surface area is 138 Å². The van der Waals surface area contributed by atoms with E-state index in [-0.39, 0.29) is 11.3 Å². The summed E-state index contributed by atoms with van der Waals surface area (Å²) in [4.78, 5) is 12.7. The zero-order valence-corrected chi connectivity index (χ0v) is 13.8. The van der Waals surface area contributed by atoms with Crippen molar-refractivity contribution >= 4 is 5.91 Å². The fourth-order valence-corrected chi connectivity index (χ4v) is 5.07. The first-order valence-electron chi connectivity index (χ1n) is 9.18. The van der Waals surface area contributed by atoms with Crippen LogP contribution in [-0.2, 0) is 14.9 Å². The van der Waals surface area contributed by atoms with E-state index in [4.69, 9.17) is 4.74 Å². The summed E-state index contributed by atoms with van der Waals surface area (Å²) in [6, 6.07) is 10.7. The molecule has 3 nitrogen and oxygen atoms in total. The Kier molecular flexibility index (Phi) is 4.14. The monoisotopic (exact) mass is 313 g/mol. The number of carbonyl (C=O) groups excluding carboxylic acids is 1. The summed E-state index contributed by atoms with van der Waals surface area (Å²) in [7, 11) is 0. The fraction of sp³-hybridized carbons (Fsp3) is 0.650. The Morgan fingerprint density at radius 1 is 1.13 bits per heavy atom. The minimum Gasteiger partial charge on any atom is -0.381 e. The highest BCUT2D eigenvalue weighted by Crippen LogP contribution is 2.48. The molecule has 23 heavy (non-hydrogen) atoms. The van der Waals surface area contributed by atoms with Gasteiger partial charge in [0.05, 0.1) is 0 Å². The molecule has 1 aromatic carbocycles. The number of rotatable bonds is 4. The Balaban J connectivity index is 1.45. The maximum Gasteiger partial charge on any atom is 0.223 e. The lowest BCUT2D eigenvalue weighted by atomic mass is 9.74. The highest BCUT2D eigenvalue weighted by Gasteiger charge is 2.43. The summed E-state index contributed by atoms with van der Waals surface area (Å²) in [5.41, 5.74) is 1.39. The SMILES string of the molecule is O=C(NCC1(c2ccccc2)CCOCC1)[C@H]1C[C@@H]2CC[C@@H]1C2. The van der Waals surface area contributed by atoms with Gasteiger partial charge in [0.1, 0.15) is 0 Å². The third-order valence-electron chi connectivity index (χ3n) is 6.51. The van der Waals surface area contributed by atoms with Gasteiger partial charge in [-0.05, 0) is 49.5 Å². The molecule has 4 rings (SSSR count). The molecule has 2 aliphatic carbocycles. The van der Waals surface area contributed by atoms with E-state index in [0.717, 1.165) is 44.9 Å². The van der Waals surface area contributed by atoms with Gasteiger partial charge in [0, 0.05) is 31.1 Å². The van der Waals surface area contributed by atoms with Crippen molar-refractivity contribution in [2.24, 2.45) is 17.8 Å². The topological polar surface area (TPSA) is 38.3 Å². The minimum atomic E-state index is 0.0484. The number of hydrogen-bond donors (Lipinski definition) is 1. The van der Waals surface area contributed by atoms with Crippen LogP contribution >= 0.6 is 0 Å². The molecule has 1 aliphatic heterocycles. The Bertz CT molecular complexity index is 550.